The van der Waals surface area contributed by atoms with E-state index in [9.17, 15) is 5.11 Å². The number of aliphatic hydroxyl groups excluding tert-OH is 1. The highest BCUT2D eigenvalue weighted by Gasteiger charge is 2.40. The first-order valence-electron chi connectivity index (χ1n) is 9.42. The molecule has 2 N–H and O–H groups in total. The molecular formula is C21H23N5OS. The van der Waals surface area contributed by atoms with Gasteiger partial charge >= 0.3 is 0 Å². The summed E-state index contributed by atoms with van der Waals surface area (Å²) in [6.07, 6.45) is 6.36. The Kier molecular flexibility index (Phi) is 5.64. The summed E-state index contributed by atoms with van der Waals surface area (Å²) in [5.74, 6) is 0. The summed E-state index contributed by atoms with van der Waals surface area (Å²) in [6.45, 7) is 1.51. The van der Waals surface area contributed by atoms with E-state index >= 15 is 0 Å². The normalized spacial score (nSPS) is 19.0. The maximum absolute atomic E-state index is 9.35. The highest BCUT2D eigenvalue weighted by Crippen LogP contribution is 2.38. The van der Waals surface area contributed by atoms with Crippen LogP contribution in [-0.4, -0.2) is 42.8 Å². The smallest absolute Gasteiger partial charge is 0.170 e. The van der Waals surface area contributed by atoms with Crippen LogP contribution in [0.4, 0.5) is 0 Å². The fourth-order valence-corrected chi connectivity index (χ4v) is 4.05. The maximum Gasteiger partial charge on any atom is 0.170 e. The molecule has 1 aliphatic rings. The molecule has 3 aromatic heterocycles. The van der Waals surface area contributed by atoms with Gasteiger partial charge in [0, 0.05) is 37.4 Å². The first-order valence-corrected chi connectivity index (χ1v) is 9.82. The van der Waals surface area contributed by atoms with Crippen LogP contribution >= 0.6 is 12.2 Å². The Morgan fingerprint density at radius 1 is 1.04 bits per heavy atom. The van der Waals surface area contributed by atoms with Crippen molar-refractivity contribution in [3.05, 3.63) is 84.2 Å². The number of hydrogen-bond acceptors (Lipinski definition) is 4. The molecule has 0 amide bonds. The predicted molar refractivity (Wildman–Crippen MR) is 112 cm³/mol. The molecule has 0 aromatic carbocycles. The largest absolute Gasteiger partial charge is 0.396 e. The lowest BCUT2D eigenvalue weighted by molar-refractivity contribution is 0.243. The Bertz CT molecular complexity index is 915. The van der Waals surface area contributed by atoms with E-state index in [1.165, 1.54) is 0 Å². The Labute approximate surface area is 169 Å². The monoisotopic (exact) mass is 393 g/mol. The summed E-state index contributed by atoms with van der Waals surface area (Å²) in [5, 5.41) is 13.5. The van der Waals surface area contributed by atoms with Gasteiger partial charge in [-0.05, 0) is 55.0 Å². The molecule has 3 aromatic rings. The second-order valence-corrected chi connectivity index (χ2v) is 7.17. The van der Waals surface area contributed by atoms with Crippen LogP contribution in [-0.2, 0) is 6.54 Å². The van der Waals surface area contributed by atoms with Gasteiger partial charge in [0.15, 0.2) is 5.11 Å². The Hall–Kier alpha value is -2.77. The first kappa shape index (κ1) is 18.6. The van der Waals surface area contributed by atoms with Crippen molar-refractivity contribution in [1.29, 1.82) is 0 Å². The number of pyridine rings is 2. The number of nitrogens with zero attached hydrogens (tertiary/aromatic N) is 4. The van der Waals surface area contributed by atoms with Crippen molar-refractivity contribution in [3.63, 3.8) is 0 Å². The van der Waals surface area contributed by atoms with Crippen molar-refractivity contribution in [2.75, 3.05) is 13.2 Å². The molecule has 4 heterocycles. The summed E-state index contributed by atoms with van der Waals surface area (Å²) in [5.41, 5.74) is 3.10. The van der Waals surface area contributed by atoms with Crippen molar-refractivity contribution in [3.8, 4) is 0 Å². The molecule has 0 unspecified atom stereocenters. The lowest BCUT2D eigenvalue weighted by Crippen LogP contribution is -2.32. The second-order valence-electron chi connectivity index (χ2n) is 6.78. The summed E-state index contributed by atoms with van der Waals surface area (Å²) < 4.78 is 2.21. The van der Waals surface area contributed by atoms with Gasteiger partial charge in [0.25, 0.3) is 0 Å². The Morgan fingerprint density at radius 2 is 1.86 bits per heavy atom. The lowest BCUT2D eigenvalue weighted by Gasteiger charge is -2.28. The van der Waals surface area contributed by atoms with Crippen molar-refractivity contribution in [2.45, 2.75) is 25.0 Å². The van der Waals surface area contributed by atoms with Crippen molar-refractivity contribution >= 4 is 17.3 Å². The molecule has 144 valence electrons. The highest BCUT2D eigenvalue weighted by molar-refractivity contribution is 7.80. The minimum Gasteiger partial charge on any atom is -0.396 e. The number of thiocarbonyl (C=S) groups is 1. The van der Waals surface area contributed by atoms with E-state index < -0.39 is 0 Å². The zero-order chi connectivity index (χ0) is 19.3. The molecule has 6 nitrogen and oxygen atoms in total. The van der Waals surface area contributed by atoms with Crippen molar-refractivity contribution in [1.82, 2.24) is 24.8 Å². The van der Waals surface area contributed by atoms with Crippen LogP contribution in [0, 0.1) is 0 Å². The lowest BCUT2D eigenvalue weighted by atomic mass is 10.0. The number of aromatic nitrogens is 3. The fraction of sp³-hybridized carbons (Fsp3) is 0.286. The molecule has 2 atom stereocenters. The summed E-state index contributed by atoms with van der Waals surface area (Å²) in [6, 6.07) is 16.0. The standard InChI is InChI=1S/C21H23N5OS/c27-14-6-13-26-20(19(24-21(26)28)17-8-2-4-11-23-17)18-9-5-12-25(18)15-16-7-1-3-10-22-16/h1-5,7-12,19-20,27H,6,13-15H2,(H,24,28)/t19-,20+/m1/s1. The summed E-state index contributed by atoms with van der Waals surface area (Å²) in [7, 11) is 0. The minimum absolute atomic E-state index is 0.00679. The molecule has 0 aliphatic carbocycles. The van der Waals surface area contributed by atoms with Crippen LogP contribution in [0.5, 0.6) is 0 Å². The SMILES string of the molecule is OCCCN1C(=S)N[C@H](c2ccccn2)[C@@H]1c1cccn1Cc1ccccn1. The average Bonchev–Trinajstić information content (AvgIpc) is 3.31. The zero-order valence-corrected chi connectivity index (χ0v) is 16.3. The van der Waals surface area contributed by atoms with Gasteiger partial charge < -0.3 is 19.9 Å². The third-order valence-electron chi connectivity index (χ3n) is 4.98. The number of rotatable bonds is 7. The topological polar surface area (TPSA) is 66.2 Å². The van der Waals surface area contributed by atoms with Crippen LogP contribution in [0.15, 0.2) is 67.1 Å². The molecule has 1 fully saturated rings. The summed E-state index contributed by atoms with van der Waals surface area (Å²) >= 11 is 5.64. The van der Waals surface area contributed by atoms with E-state index in [-0.39, 0.29) is 18.7 Å². The van der Waals surface area contributed by atoms with E-state index in [0.29, 0.717) is 24.6 Å². The number of aliphatic hydroxyl groups is 1. The van der Waals surface area contributed by atoms with Gasteiger partial charge in [-0.15, -0.1) is 0 Å². The number of nitrogens with one attached hydrogen (secondary N) is 1. The molecule has 1 saturated heterocycles. The van der Waals surface area contributed by atoms with Gasteiger partial charge in [0.1, 0.15) is 0 Å². The third kappa shape index (κ3) is 3.76. The van der Waals surface area contributed by atoms with Gasteiger partial charge in [0.2, 0.25) is 0 Å². The van der Waals surface area contributed by atoms with Gasteiger partial charge in [-0.1, -0.05) is 12.1 Å². The van der Waals surface area contributed by atoms with E-state index in [4.69, 9.17) is 12.2 Å². The quantitative estimate of drug-likeness (QED) is 0.602. The second kappa shape index (κ2) is 8.50. The highest BCUT2D eigenvalue weighted by atomic mass is 32.1. The third-order valence-corrected chi connectivity index (χ3v) is 5.33. The van der Waals surface area contributed by atoms with Crippen molar-refractivity contribution < 1.29 is 5.11 Å². The summed E-state index contributed by atoms with van der Waals surface area (Å²) in [4.78, 5) is 11.2. The average molecular weight is 394 g/mol. The zero-order valence-electron chi connectivity index (χ0n) is 15.5. The predicted octanol–water partition coefficient (Wildman–Crippen LogP) is 2.68. The number of hydrogen-bond donors (Lipinski definition) is 2. The van der Waals surface area contributed by atoms with Crippen LogP contribution < -0.4 is 5.32 Å². The minimum atomic E-state index is -0.0511. The van der Waals surface area contributed by atoms with Gasteiger partial charge in [-0.25, -0.2) is 0 Å². The van der Waals surface area contributed by atoms with E-state index in [1.807, 2.05) is 42.6 Å². The molecule has 0 bridgehead atoms. The molecule has 0 saturated carbocycles. The molecular weight excluding hydrogens is 370 g/mol. The Balaban J connectivity index is 1.70. The molecule has 1 aliphatic heterocycles. The molecule has 28 heavy (non-hydrogen) atoms. The van der Waals surface area contributed by atoms with E-state index in [0.717, 1.165) is 17.1 Å². The van der Waals surface area contributed by atoms with Gasteiger partial charge in [0.05, 0.1) is 30.0 Å². The van der Waals surface area contributed by atoms with Crippen molar-refractivity contribution in [2.24, 2.45) is 0 Å². The van der Waals surface area contributed by atoms with Gasteiger partial charge in [-0.2, -0.15) is 0 Å². The van der Waals surface area contributed by atoms with Crippen LogP contribution in [0.1, 0.15) is 35.6 Å². The molecule has 7 heteroatoms. The molecule has 4 rings (SSSR count). The van der Waals surface area contributed by atoms with Gasteiger partial charge in [-0.3, -0.25) is 9.97 Å². The van der Waals surface area contributed by atoms with Crippen LogP contribution in [0.3, 0.4) is 0 Å². The maximum atomic E-state index is 9.35. The molecule has 0 spiro atoms. The Morgan fingerprint density at radius 3 is 2.57 bits per heavy atom. The van der Waals surface area contributed by atoms with E-state index in [2.05, 4.69) is 43.1 Å². The van der Waals surface area contributed by atoms with E-state index in [1.54, 1.807) is 6.20 Å². The fourth-order valence-electron chi connectivity index (χ4n) is 3.71. The molecule has 0 radical (unpaired) electrons. The first-order chi connectivity index (χ1) is 13.8. The van der Waals surface area contributed by atoms with Crippen LogP contribution in [0.25, 0.3) is 0 Å². The van der Waals surface area contributed by atoms with Crippen LogP contribution in [0.2, 0.25) is 0 Å².